The monoisotopic (exact) mass is 496 g/mol. The molecule has 1 amide bonds. The van der Waals surface area contributed by atoms with Crippen LogP contribution in [0, 0.1) is 6.92 Å². The number of para-hydroxylation sites is 3. The number of nitrogens with one attached hydrogen (secondary N) is 2. The van der Waals surface area contributed by atoms with Crippen LogP contribution in [-0.2, 0) is 0 Å². The van der Waals surface area contributed by atoms with E-state index in [1.54, 1.807) is 35.8 Å². The Morgan fingerprint density at radius 1 is 1.05 bits per heavy atom. The van der Waals surface area contributed by atoms with Gasteiger partial charge in [0.25, 0.3) is 11.5 Å². The number of aryl methyl sites for hydroxylation is 1. The minimum Gasteiger partial charge on any atom is -0.506 e. The zero-order valence-electron chi connectivity index (χ0n) is 20.1. The van der Waals surface area contributed by atoms with E-state index in [1.807, 2.05) is 43.3 Å². The van der Waals surface area contributed by atoms with Crippen molar-refractivity contribution in [2.45, 2.75) is 19.9 Å². The molecule has 0 fully saturated rings. The van der Waals surface area contributed by atoms with Crippen LogP contribution in [0.2, 0.25) is 0 Å². The Morgan fingerprint density at radius 2 is 1.78 bits per heavy atom. The van der Waals surface area contributed by atoms with E-state index in [4.69, 9.17) is 10.8 Å². The van der Waals surface area contributed by atoms with Gasteiger partial charge in [-0.15, -0.1) is 0 Å². The summed E-state index contributed by atoms with van der Waals surface area (Å²) in [6.45, 7) is 3.65. The fourth-order valence-electron chi connectivity index (χ4n) is 4.10. The fourth-order valence-corrected chi connectivity index (χ4v) is 4.10. The van der Waals surface area contributed by atoms with E-state index in [-0.39, 0.29) is 34.2 Å². The molecule has 0 aliphatic carbocycles. The van der Waals surface area contributed by atoms with Gasteiger partial charge in [0.05, 0.1) is 17.4 Å². The topological polar surface area (TPSA) is 152 Å². The average molecular weight is 497 g/mol. The minimum absolute atomic E-state index is 0.0101. The number of carbonyl (C=O) groups excluding carboxylic acids is 1. The number of aromatic hydroxyl groups is 1. The second-order valence-corrected chi connectivity index (χ2v) is 8.45. The maximum Gasteiger partial charge on any atom is 0.282 e. The van der Waals surface area contributed by atoms with E-state index >= 15 is 0 Å². The first-order chi connectivity index (χ1) is 17.8. The molecule has 5 N–H and O–H groups in total. The third kappa shape index (κ3) is 4.33. The molecule has 0 aliphatic heterocycles. The first-order valence-electron chi connectivity index (χ1n) is 11.5. The van der Waals surface area contributed by atoms with Crippen LogP contribution in [0.5, 0.6) is 5.75 Å². The number of phenols is 1. The molecule has 0 unspecified atom stereocenters. The van der Waals surface area contributed by atoms with E-state index in [2.05, 4.69) is 20.6 Å². The minimum atomic E-state index is -0.612. The number of nitrogens with zero attached hydrogens (tertiary/aromatic N) is 5. The summed E-state index contributed by atoms with van der Waals surface area (Å²) in [5, 5.41) is 20.6. The second-order valence-electron chi connectivity index (χ2n) is 8.45. The van der Waals surface area contributed by atoms with Crippen LogP contribution >= 0.6 is 0 Å². The molecule has 2 aromatic carbocycles. The normalized spacial score (nSPS) is 11.8. The van der Waals surface area contributed by atoms with Gasteiger partial charge in [-0.05, 0) is 49.7 Å². The number of rotatable bonds is 6. The van der Waals surface area contributed by atoms with Crippen LogP contribution in [0.25, 0.3) is 11.2 Å². The highest BCUT2D eigenvalue weighted by atomic mass is 16.3. The number of nitrogens with two attached hydrogens (primary N) is 1. The highest BCUT2D eigenvalue weighted by Gasteiger charge is 2.24. The van der Waals surface area contributed by atoms with Crippen LogP contribution in [0.15, 0.2) is 78.0 Å². The lowest BCUT2D eigenvalue weighted by Gasteiger charge is -2.21. The predicted molar refractivity (Wildman–Crippen MR) is 140 cm³/mol. The molecule has 0 bridgehead atoms. The molecule has 0 saturated heterocycles. The van der Waals surface area contributed by atoms with Gasteiger partial charge in [0.2, 0.25) is 0 Å². The van der Waals surface area contributed by atoms with Gasteiger partial charge in [0.1, 0.15) is 34.8 Å². The molecule has 5 aromatic rings. The van der Waals surface area contributed by atoms with E-state index in [1.165, 1.54) is 17.0 Å². The number of hydrogen-bond acceptors (Lipinski definition) is 8. The molecule has 0 aliphatic rings. The lowest BCUT2D eigenvalue weighted by Crippen LogP contribution is -2.30. The smallest absolute Gasteiger partial charge is 0.282 e. The van der Waals surface area contributed by atoms with E-state index in [0.717, 1.165) is 5.56 Å². The van der Waals surface area contributed by atoms with Crippen molar-refractivity contribution in [3.8, 4) is 11.4 Å². The summed E-state index contributed by atoms with van der Waals surface area (Å²) >= 11 is 0. The summed E-state index contributed by atoms with van der Waals surface area (Å²) in [6.07, 6.45) is 2.96. The van der Waals surface area contributed by atoms with Crippen molar-refractivity contribution < 1.29 is 9.90 Å². The Morgan fingerprint density at radius 3 is 2.54 bits per heavy atom. The maximum atomic E-state index is 13.6. The molecule has 11 heteroatoms. The van der Waals surface area contributed by atoms with Gasteiger partial charge < -0.3 is 21.5 Å². The number of fused-ring (bicyclic) bond motifs is 1. The summed E-state index contributed by atoms with van der Waals surface area (Å²) < 4.78 is 3.08. The van der Waals surface area contributed by atoms with Crippen molar-refractivity contribution in [1.82, 2.24) is 24.1 Å². The summed E-state index contributed by atoms with van der Waals surface area (Å²) in [7, 11) is 0. The highest BCUT2D eigenvalue weighted by molar-refractivity contribution is 6.11. The van der Waals surface area contributed by atoms with Crippen molar-refractivity contribution in [1.29, 1.82) is 0 Å². The number of aromatic nitrogens is 5. The zero-order chi connectivity index (χ0) is 26.1. The Labute approximate surface area is 211 Å². The number of carbonyl (C=O) groups is 1. The molecule has 11 nitrogen and oxygen atoms in total. The SMILES string of the molecule is Cc1ccn2nc([C@H](C)Nc3ncnc(N)c3C(=O)Nc3ccccc3O)n(-c3ccccc3)c(=O)c12. The molecule has 3 aromatic heterocycles. The number of amides is 1. The molecule has 3 heterocycles. The van der Waals surface area contributed by atoms with Gasteiger partial charge in [0.15, 0.2) is 5.82 Å². The Kier molecular flexibility index (Phi) is 6.02. The van der Waals surface area contributed by atoms with Gasteiger partial charge in [-0.1, -0.05) is 30.3 Å². The van der Waals surface area contributed by atoms with E-state index in [0.29, 0.717) is 17.0 Å². The van der Waals surface area contributed by atoms with E-state index < -0.39 is 11.9 Å². The Bertz CT molecular complexity index is 1680. The average Bonchev–Trinajstić information content (AvgIpc) is 3.26. The number of anilines is 3. The quantitative estimate of drug-likeness (QED) is 0.261. The second kappa shape index (κ2) is 9.46. The zero-order valence-corrected chi connectivity index (χ0v) is 20.1. The summed E-state index contributed by atoms with van der Waals surface area (Å²) in [4.78, 5) is 34.9. The Balaban J connectivity index is 1.57. The lowest BCUT2D eigenvalue weighted by molar-refractivity contribution is 0.102. The molecule has 186 valence electrons. The highest BCUT2D eigenvalue weighted by Crippen LogP contribution is 2.27. The molecule has 1 atom stereocenters. The van der Waals surface area contributed by atoms with Gasteiger partial charge >= 0.3 is 0 Å². The molecular weight excluding hydrogens is 472 g/mol. The molecular formula is C26H24N8O3. The maximum absolute atomic E-state index is 13.6. The Hall–Kier alpha value is -5.19. The van der Waals surface area contributed by atoms with Crippen LogP contribution in [0.3, 0.4) is 0 Å². The van der Waals surface area contributed by atoms with Crippen molar-refractivity contribution >= 4 is 28.7 Å². The number of hydrogen-bond donors (Lipinski definition) is 4. The molecule has 5 rings (SSSR count). The largest absolute Gasteiger partial charge is 0.506 e. The van der Waals surface area contributed by atoms with Crippen molar-refractivity contribution in [3.05, 3.63) is 100 Å². The third-order valence-electron chi connectivity index (χ3n) is 5.92. The van der Waals surface area contributed by atoms with Gasteiger partial charge in [-0.2, -0.15) is 5.10 Å². The van der Waals surface area contributed by atoms with Crippen molar-refractivity contribution in [3.63, 3.8) is 0 Å². The molecule has 0 spiro atoms. The first-order valence-corrected chi connectivity index (χ1v) is 11.5. The van der Waals surface area contributed by atoms with Crippen LogP contribution in [0.1, 0.15) is 34.7 Å². The predicted octanol–water partition coefficient (Wildman–Crippen LogP) is 3.30. The first kappa shape index (κ1) is 23.5. The lowest BCUT2D eigenvalue weighted by atomic mass is 10.2. The van der Waals surface area contributed by atoms with Crippen molar-refractivity contribution in [2.75, 3.05) is 16.4 Å². The summed E-state index contributed by atoms with van der Waals surface area (Å²) in [5.41, 5.74) is 7.95. The van der Waals surface area contributed by atoms with Crippen LogP contribution < -0.4 is 21.9 Å². The van der Waals surface area contributed by atoms with Gasteiger partial charge in [-0.25, -0.2) is 14.5 Å². The molecule has 37 heavy (non-hydrogen) atoms. The van der Waals surface area contributed by atoms with Crippen LogP contribution in [0.4, 0.5) is 17.3 Å². The fraction of sp³-hybridized carbons (Fsp3) is 0.115. The molecule has 0 saturated carbocycles. The van der Waals surface area contributed by atoms with Crippen molar-refractivity contribution in [2.24, 2.45) is 0 Å². The molecule has 0 radical (unpaired) electrons. The third-order valence-corrected chi connectivity index (χ3v) is 5.92. The van der Waals surface area contributed by atoms with Gasteiger partial charge in [-0.3, -0.25) is 14.2 Å². The van der Waals surface area contributed by atoms with E-state index in [9.17, 15) is 14.7 Å². The van der Waals surface area contributed by atoms with Crippen LogP contribution in [-0.4, -0.2) is 35.2 Å². The number of nitrogen functional groups attached to an aromatic ring is 1. The van der Waals surface area contributed by atoms with Gasteiger partial charge in [0, 0.05) is 6.20 Å². The number of phenolic OH excluding ortho intramolecular Hbond substituents is 1. The number of benzene rings is 2. The summed E-state index contributed by atoms with van der Waals surface area (Å²) in [6, 6.07) is 16.7. The summed E-state index contributed by atoms with van der Waals surface area (Å²) in [5.74, 6) is -0.226. The standard InChI is InChI=1S/C26H24N8O3/c1-15-12-13-33-21(15)26(37)34(17-8-4-3-5-9-17)24(32-33)16(2)30-23-20(22(27)28-14-29-23)25(36)31-18-10-6-7-11-19(18)35/h3-14,16,35H,1-2H3,(H,31,36)(H3,27,28,29,30)/t16-/m0/s1.